The van der Waals surface area contributed by atoms with Crippen molar-refractivity contribution in [2.45, 2.75) is 19.7 Å². The first-order valence-electron chi connectivity index (χ1n) is 5.73. The highest BCUT2D eigenvalue weighted by Gasteiger charge is 2.31. The highest BCUT2D eigenvalue weighted by atomic mass is 19.4. The van der Waals surface area contributed by atoms with E-state index in [1.165, 1.54) is 18.2 Å². The maximum absolute atomic E-state index is 12.1. The van der Waals surface area contributed by atoms with Crippen molar-refractivity contribution in [1.82, 2.24) is 10.2 Å². The molecule has 0 atom stereocenters. The monoisotopic (exact) mass is 284 g/mol. The first-order valence-corrected chi connectivity index (χ1v) is 5.73. The van der Waals surface area contributed by atoms with Crippen LogP contribution in [-0.2, 0) is 6.42 Å². The Morgan fingerprint density at radius 3 is 2.75 bits per heavy atom. The molecule has 2 rings (SSSR count). The van der Waals surface area contributed by atoms with Crippen molar-refractivity contribution in [3.8, 4) is 5.75 Å². The van der Waals surface area contributed by atoms with Gasteiger partial charge in [0.25, 0.3) is 5.56 Å². The lowest BCUT2D eigenvalue weighted by atomic mass is 10.1. The number of aromatic nitrogens is 2. The highest BCUT2D eigenvalue weighted by Crippen LogP contribution is 2.23. The molecule has 4 nitrogen and oxygen atoms in total. The fraction of sp³-hybridized carbons (Fsp3) is 0.231. The van der Waals surface area contributed by atoms with Crippen LogP contribution in [0.4, 0.5) is 13.2 Å². The number of H-pyrrole nitrogens is 1. The molecule has 0 radical (unpaired) electrons. The van der Waals surface area contributed by atoms with E-state index in [2.05, 4.69) is 14.9 Å². The quantitative estimate of drug-likeness (QED) is 0.942. The summed E-state index contributed by atoms with van der Waals surface area (Å²) >= 11 is 0. The largest absolute Gasteiger partial charge is 0.573 e. The Hall–Kier alpha value is -2.31. The number of hydrogen-bond donors (Lipinski definition) is 1. The molecule has 0 fully saturated rings. The SMILES string of the molecule is Cc1cc(Cc2cccc(OC(F)(F)F)c2)c(=O)[nH]n1. The Bertz CT molecular complexity index is 665. The Morgan fingerprint density at radius 1 is 1.30 bits per heavy atom. The third-order valence-corrected chi connectivity index (χ3v) is 2.54. The summed E-state index contributed by atoms with van der Waals surface area (Å²) < 4.78 is 40.2. The summed E-state index contributed by atoms with van der Waals surface area (Å²) in [6.07, 6.45) is -4.53. The van der Waals surface area contributed by atoms with Gasteiger partial charge in [-0.2, -0.15) is 5.10 Å². The molecule has 20 heavy (non-hydrogen) atoms. The van der Waals surface area contributed by atoms with Crippen LogP contribution >= 0.6 is 0 Å². The third kappa shape index (κ3) is 3.84. The molecule has 0 saturated heterocycles. The Morgan fingerprint density at radius 2 is 2.05 bits per heavy atom. The Balaban J connectivity index is 2.24. The molecule has 0 bridgehead atoms. The number of ether oxygens (including phenoxy) is 1. The number of nitrogens with zero attached hydrogens (tertiary/aromatic N) is 1. The van der Waals surface area contributed by atoms with Gasteiger partial charge in [-0.15, -0.1) is 13.2 Å². The van der Waals surface area contributed by atoms with Gasteiger partial charge in [0, 0.05) is 12.0 Å². The van der Waals surface area contributed by atoms with E-state index < -0.39 is 6.36 Å². The van der Waals surface area contributed by atoms with Crippen LogP contribution in [0.2, 0.25) is 0 Å². The summed E-state index contributed by atoms with van der Waals surface area (Å²) in [5.74, 6) is -0.308. The maximum Gasteiger partial charge on any atom is 0.573 e. The van der Waals surface area contributed by atoms with Gasteiger partial charge in [-0.1, -0.05) is 12.1 Å². The van der Waals surface area contributed by atoms with Gasteiger partial charge < -0.3 is 4.74 Å². The average molecular weight is 284 g/mol. The zero-order chi connectivity index (χ0) is 14.8. The van der Waals surface area contributed by atoms with E-state index in [4.69, 9.17) is 0 Å². The van der Waals surface area contributed by atoms with Gasteiger partial charge >= 0.3 is 6.36 Å². The van der Waals surface area contributed by atoms with Crippen molar-refractivity contribution in [3.63, 3.8) is 0 Å². The molecule has 0 aliphatic carbocycles. The molecule has 0 amide bonds. The van der Waals surface area contributed by atoms with E-state index in [1.807, 2.05) is 0 Å². The zero-order valence-electron chi connectivity index (χ0n) is 10.5. The molecular formula is C13H11F3N2O2. The number of hydrogen-bond acceptors (Lipinski definition) is 3. The molecule has 0 aliphatic heterocycles. The van der Waals surface area contributed by atoms with Crippen molar-refractivity contribution in [3.05, 3.63) is 57.5 Å². The molecule has 1 aromatic heterocycles. The summed E-state index contributed by atoms with van der Waals surface area (Å²) in [5, 5.41) is 6.06. The maximum atomic E-state index is 12.1. The van der Waals surface area contributed by atoms with Gasteiger partial charge in [-0.05, 0) is 30.7 Å². The smallest absolute Gasteiger partial charge is 0.406 e. The van der Waals surface area contributed by atoms with Crippen LogP contribution in [0.25, 0.3) is 0 Å². The summed E-state index contributed by atoms with van der Waals surface area (Å²) in [4.78, 5) is 11.6. The summed E-state index contributed by atoms with van der Waals surface area (Å²) in [6.45, 7) is 1.71. The average Bonchev–Trinajstić information content (AvgIpc) is 2.32. The number of aryl methyl sites for hydroxylation is 1. The van der Waals surface area contributed by atoms with E-state index in [-0.39, 0.29) is 17.7 Å². The van der Waals surface area contributed by atoms with Gasteiger partial charge in [0.2, 0.25) is 0 Å². The van der Waals surface area contributed by atoms with Crippen molar-refractivity contribution in [2.24, 2.45) is 0 Å². The minimum atomic E-state index is -4.73. The van der Waals surface area contributed by atoms with Gasteiger partial charge in [-0.3, -0.25) is 4.79 Å². The van der Waals surface area contributed by atoms with E-state index in [0.717, 1.165) is 0 Å². The molecule has 2 aromatic rings. The Labute approximate surface area is 112 Å². The second-order valence-corrected chi connectivity index (χ2v) is 4.24. The summed E-state index contributed by atoms with van der Waals surface area (Å²) in [6, 6.07) is 7.12. The lowest BCUT2D eigenvalue weighted by molar-refractivity contribution is -0.274. The van der Waals surface area contributed by atoms with Crippen LogP contribution in [0.5, 0.6) is 5.75 Å². The number of alkyl halides is 3. The van der Waals surface area contributed by atoms with Crippen LogP contribution in [0, 0.1) is 6.92 Å². The first-order chi connectivity index (χ1) is 9.33. The molecule has 1 N–H and O–H groups in total. The highest BCUT2D eigenvalue weighted by molar-refractivity contribution is 5.32. The fourth-order valence-corrected chi connectivity index (χ4v) is 1.76. The number of rotatable bonds is 3. The molecular weight excluding hydrogens is 273 g/mol. The second-order valence-electron chi connectivity index (χ2n) is 4.24. The molecule has 7 heteroatoms. The van der Waals surface area contributed by atoms with Gasteiger partial charge in [0.1, 0.15) is 5.75 Å². The van der Waals surface area contributed by atoms with Crippen molar-refractivity contribution in [2.75, 3.05) is 0 Å². The van der Waals surface area contributed by atoms with Crippen molar-refractivity contribution < 1.29 is 17.9 Å². The standard InChI is InChI=1S/C13H11F3N2O2/c1-8-5-10(12(19)18-17-8)6-9-3-2-4-11(7-9)20-13(14,15)16/h2-5,7H,6H2,1H3,(H,18,19). The molecule has 1 heterocycles. The molecule has 0 saturated carbocycles. The van der Waals surface area contributed by atoms with Crippen LogP contribution in [-0.4, -0.2) is 16.6 Å². The minimum absolute atomic E-state index is 0.202. The van der Waals surface area contributed by atoms with Crippen molar-refractivity contribution >= 4 is 0 Å². The van der Waals surface area contributed by atoms with E-state index >= 15 is 0 Å². The van der Waals surface area contributed by atoms with Crippen LogP contribution in [0.15, 0.2) is 35.1 Å². The number of benzene rings is 1. The first kappa shape index (κ1) is 14.1. The van der Waals surface area contributed by atoms with Crippen LogP contribution in [0.1, 0.15) is 16.8 Å². The minimum Gasteiger partial charge on any atom is -0.406 e. The molecule has 106 valence electrons. The molecule has 1 aromatic carbocycles. The summed E-state index contributed by atoms with van der Waals surface area (Å²) in [7, 11) is 0. The van der Waals surface area contributed by atoms with Gasteiger partial charge in [0.15, 0.2) is 0 Å². The number of halogens is 3. The Kier molecular flexibility index (Phi) is 3.78. The van der Waals surface area contributed by atoms with E-state index in [9.17, 15) is 18.0 Å². The molecule has 0 spiro atoms. The fourth-order valence-electron chi connectivity index (χ4n) is 1.76. The molecule has 0 unspecified atom stereocenters. The topological polar surface area (TPSA) is 55.0 Å². The van der Waals surface area contributed by atoms with E-state index in [0.29, 0.717) is 16.8 Å². The number of aromatic amines is 1. The van der Waals surface area contributed by atoms with Gasteiger partial charge in [0.05, 0.1) is 5.69 Å². The van der Waals surface area contributed by atoms with Crippen LogP contribution < -0.4 is 10.3 Å². The number of nitrogens with one attached hydrogen (secondary N) is 1. The lowest BCUT2D eigenvalue weighted by Crippen LogP contribution is -2.17. The van der Waals surface area contributed by atoms with Crippen LogP contribution in [0.3, 0.4) is 0 Å². The van der Waals surface area contributed by atoms with Gasteiger partial charge in [-0.25, -0.2) is 5.10 Å². The predicted octanol–water partition coefficient (Wildman–Crippen LogP) is 2.57. The normalized spacial score (nSPS) is 11.4. The third-order valence-electron chi connectivity index (χ3n) is 2.54. The van der Waals surface area contributed by atoms with Crippen molar-refractivity contribution in [1.29, 1.82) is 0 Å². The zero-order valence-corrected chi connectivity index (χ0v) is 10.5. The predicted molar refractivity (Wildman–Crippen MR) is 65.5 cm³/mol. The molecule has 0 aliphatic rings. The van der Waals surface area contributed by atoms with E-state index in [1.54, 1.807) is 19.1 Å². The lowest BCUT2D eigenvalue weighted by Gasteiger charge is -2.10. The second kappa shape index (κ2) is 5.36. The summed E-state index contributed by atoms with van der Waals surface area (Å²) in [5.41, 5.74) is 1.24.